The molecule has 1 heterocycles. The van der Waals surface area contributed by atoms with Crippen molar-refractivity contribution in [1.29, 1.82) is 0 Å². The summed E-state index contributed by atoms with van der Waals surface area (Å²) >= 11 is 0. The zero-order valence-electron chi connectivity index (χ0n) is 11.1. The van der Waals surface area contributed by atoms with Gasteiger partial charge in [0.1, 0.15) is 11.2 Å². The van der Waals surface area contributed by atoms with E-state index in [4.69, 9.17) is 4.74 Å². The van der Waals surface area contributed by atoms with E-state index >= 15 is 0 Å². The molecule has 20 heavy (non-hydrogen) atoms. The Morgan fingerprint density at radius 1 is 1.05 bits per heavy atom. The molecule has 3 heteroatoms. The van der Waals surface area contributed by atoms with E-state index in [2.05, 4.69) is 0 Å². The molecule has 0 amide bonds. The summed E-state index contributed by atoms with van der Waals surface area (Å²) in [5, 5.41) is 9.96. The fraction of sp³-hybridized carbons (Fsp3) is 0.235. The number of hydrogen-bond donors (Lipinski definition) is 1. The molecule has 0 saturated heterocycles. The number of para-hydroxylation sites is 1. The van der Waals surface area contributed by atoms with Crippen LogP contribution in [0.5, 0.6) is 5.75 Å². The second-order valence-electron chi connectivity index (χ2n) is 5.02. The molecule has 3 rings (SSSR count). The Labute approximate surface area is 117 Å². The fourth-order valence-electron chi connectivity index (χ4n) is 2.97. The first-order valence-electron chi connectivity index (χ1n) is 6.76. The molecule has 1 aliphatic rings. The number of fused-ring (bicyclic) bond motifs is 1. The van der Waals surface area contributed by atoms with Crippen LogP contribution in [0, 0.1) is 0 Å². The first-order chi connectivity index (χ1) is 9.75. The quantitative estimate of drug-likeness (QED) is 0.909. The summed E-state index contributed by atoms with van der Waals surface area (Å²) in [6.45, 7) is 0.554. The molecule has 1 unspecified atom stereocenters. The van der Waals surface area contributed by atoms with Crippen LogP contribution in [0.1, 0.15) is 24.0 Å². The second kappa shape index (κ2) is 5.00. The van der Waals surface area contributed by atoms with Crippen molar-refractivity contribution >= 4 is 5.97 Å². The van der Waals surface area contributed by atoms with Gasteiger partial charge in [-0.05, 0) is 24.5 Å². The Morgan fingerprint density at radius 2 is 1.75 bits per heavy atom. The summed E-state index contributed by atoms with van der Waals surface area (Å²) in [7, 11) is 0. The predicted molar refractivity (Wildman–Crippen MR) is 76.0 cm³/mol. The third-order valence-corrected chi connectivity index (χ3v) is 3.93. The minimum absolute atomic E-state index is 0.545. The highest BCUT2D eigenvalue weighted by molar-refractivity contribution is 5.87. The molecule has 1 N–H and O–H groups in total. The van der Waals surface area contributed by atoms with E-state index < -0.39 is 11.4 Å². The third-order valence-electron chi connectivity index (χ3n) is 3.93. The standard InChI is InChI=1S/C17H16O3/c18-16(19)17(13-7-2-1-3-8-13)11-6-12-20-15-10-5-4-9-14(15)17/h1-5,7-10H,6,11-12H2,(H,18,19). The molecule has 102 valence electrons. The lowest BCUT2D eigenvalue weighted by Crippen LogP contribution is -2.36. The first kappa shape index (κ1) is 12.7. The average molecular weight is 268 g/mol. The number of aliphatic carboxylic acids is 1. The molecular formula is C17H16O3. The maximum absolute atomic E-state index is 12.1. The predicted octanol–water partition coefficient (Wildman–Crippen LogP) is 3.23. The maximum atomic E-state index is 12.1. The van der Waals surface area contributed by atoms with E-state index in [0.717, 1.165) is 17.5 Å². The summed E-state index contributed by atoms with van der Waals surface area (Å²) in [5.74, 6) is -0.141. The Morgan fingerprint density at radius 3 is 2.50 bits per heavy atom. The van der Waals surface area contributed by atoms with Gasteiger partial charge in [0.05, 0.1) is 6.61 Å². The van der Waals surface area contributed by atoms with E-state index in [1.165, 1.54) is 0 Å². The van der Waals surface area contributed by atoms with Gasteiger partial charge in [0.25, 0.3) is 0 Å². The van der Waals surface area contributed by atoms with Gasteiger partial charge in [-0.25, -0.2) is 0 Å². The molecule has 0 aliphatic carbocycles. The Hall–Kier alpha value is -2.29. The molecule has 0 aromatic heterocycles. The summed E-state index contributed by atoms with van der Waals surface area (Å²) < 4.78 is 5.71. The van der Waals surface area contributed by atoms with Crippen LogP contribution in [0.25, 0.3) is 0 Å². The highest BCUT2D eigenvalue weighted by Crippen LogP contribution is 2.43. The zero-order chi connectivity index (χ0) is 14.0. The van der Waals surface area contributed by atoms with Crippen LogP contribution in [0.3, 0.4) is 0 Å². The van der Waals surface area contributed by atoms with Gasteiger partial charge >= 0.3 is 5.97 Å². The number of carboxylic acids is 1. The van der Waals surface area contributed by atoms with Crippen LogP contribution in [0.15, 0.2) is 54.6 Å². The number of carbonyl (C=O) groups is 1. The van der Waals surface area contributed by atoms with Crippen LogP contribution >= 0.6 is 0 Å². The largest absolute Gasteiger partial charge is 0.493 e. The van der Waals surface area contributed by atoms with Crippen molar-refractivity contribution in [2.24, 2.45) is 0 Å². The minimum atomic E-state index is -1.02. The Bertz CT molecular complexity index is 621. The first-order valence-corrected chi connectivity index (χ1v) is 6.76. The highest BCUT2D eigenvalue weighted by Gasteiger charge is 2.44. The fourth-order valence-corrected chi connectivity index (χ4v) is 2.97. The molecule has 0 radical (unpaired) electrons. The maximum Gasteiger partial charge on any atom is 0.318 e. The van der Waals surface area contributed by atoms with Crippen LogP contribution in [0.2, 0.25) is 0 Å². The van der Waals surface area contributed by atoms with E-state index in [-0.39, 0.29) is 0 Å². The smallest absolute Gasteiger partial charge is 0.318 e. The van der Waals surface area contributed by atoms with Gasteiger partial charge in [-0.1, -0.05) is 48.5 Å². The molecule has 0 spiro atoms. The van der Waals surface area contributed by atoms with Crippen molar-refractivity contribution in [3.63, 3.8) is 0 Å². The second-order valence-corrected chi connectivity index (χ2v) is 5.02. The van der Waals surface area contributed by atoms with Gasteiger partial charge in [-0.15, -0.1) is 0 Å². The molecular weight excluding hydrogens is 252 g/mol. The topological polar surface area (TPSA) is 46.5 Å². The highest BCUT2D eigenvalue weighted by atomic mass is 16.5. The molecule has 2 aromatic carbocycles. The third kappa shape index (κ3) is 1.86. The Balaban J connectivity index is 2.28. The van der Waals surface area contributed by atoms with E-state index in [1.807, 2.05) is 54.6 Å². The SMILES string of the molecule is O=C(O)C1(c2ccccc2)CCCOc2ccccc21. The van der Waals surface area contributed by atoms with Crippen LogP contribution < -0.4 is 4.74 Å². The van der Waals surface area contributed by atoms with Gasteiger partial charge in [-0.3, -0.25) is 4.79 Å². The number of benzene rings is 2. The van der Waals surface area contributed by atoms with Gasteiger partial charge < -0.3 is 9.84 Å². The van der Waals surface area contributed by atoms with Gasteiger partial charge in [0.2, 0.25) is 0 Å². The zero-order valence-corrected chi connectivity index (χ0v) is 11.1. The van der Waals surface area contributed by atoms with Crippen molar-refractivity contribution in [3.8, 4) is 5.75 Å². The van der Waals surface area contributed by atoms with Crippen molar-refractivity contribution in [2.75, 3.05) is 6.61 Å². The van der Waals surface area contributed by atoms with E-state index in [1.54, 1.807) is 0 Å². The van der Waals surface area contributed by atoms with Crippen molar-refractivity contribution < 1.29 is 14.6 Å². The molecule has 0 saturated carbocycles. The van der Waals surface area contributed by atoms with Gasteiger partial charge in [0.15, 0.2) is 0 Å². The Kier molecular flexibility index (Phi) is 3.18. The van der Waals surface area contributed by atoms with E-state index in [0.29, 0.717) is 18.8 Å². The van der Waals surface area contributed by atoms with Crippen molar-refractivity contribution in [3.05, 3.63) is 65.7 Å². The van der Waals surface area contributed by atoms with Crippen LogP contribution in [0.4, 0.5) is 0 Å². The number of hydrogen-bond acceptors (Lipinski definition) is 2. The monoisotopic (exact) mass is 268 g/mol. The minimum Gasteiger partial charge on any atom is -0.493 e. The average Bonchev–Trinajstić information content (AvgIpc) is 2.68. The van der Waals surface area contributed by atoms with Gasteiger partial charge in [0, 0.05) is 5.56 Å². The van der Waals surface area contributed by atoms with Crippen molar-refractivity contribution in [1.82, 2.24) is 0 Å². The number of rotatable bonds is 2. The summed E-state index contributed by atoms with van der Waals surface area (Å²) in [6, 6.07) is 16.9. The molecule has 0 fully saturated rings. The van der Waals surface area contributed by atoms with Crippen molar-refractivity contribution in [2.45, 2.75) is 18.3 Å². The summed E-state index contributed by atoms with van der Waals surface area (Å²) in [5.41, 5.74) is 0.538. The van der Waals surface area contributed by atoms with Gasteiger partial charge in [-0.2, -0.15) is 0 Å². The summed E-state index contributed by atoms with van der Waals surface area (Å²) in [6.07, 6.45) is 1.26. The molecule has 1 atom stereocenters. The van der Waals surface area contributed by atoms with E-state index in [9.17, 15) is 9.90 Å². The molecule has 2 aromatic rings. The van der Waals surface area contributed by atoms with Crippen LogP contribution in [-0.4, -0.2) is 17.7 Å². The molecule has 3 nitrogen and oxygen atoms in total. The normalized spacial score (nSPS) is 21.4. The lowest BCUT2D eigenvalue weighted by Gasteiger charge is -2.29. The number of carboxylic acid groups (broad SMARTS) is 1. The lowest BCUT2D eigenvalue weighted by molar-refractivity contribution is -0.142. The number of ether oxygens (including phenoxy) is 1. The summed E-state index contributed by atoms with van der Waals surface area (Å²) in [4.78, 5) is 12.1. The lowest BCUT2D eigenvalue weighted by atomic mass is 9.71. The molecule has 1 aliphatic heterocycles. The molecule has 0 bridgehead atoms. The van der Waals surface area contributed by atoms with Crippen LogP contribution in [-0.2, 0) is 10.2 Å².